The number of hydrogen-bond donors (Lipinski definition) is 1. The van der Waals surface area contributed by atoms with Gasteiger partial charge in [0.2, 0.25) is 0 Å². The molecule has 0 radical (unpaired) electrons. The molecule has 3 heteroatoms. The van der Waals surface area contributed by atoms with Crippen molar-refractivity contribution in [2.45, 2.75) is 26.3 Å². The summed E-state index contributed by atoms with van der Waals surface area (Å²) in [5.74, 6) is 1.46. The minimum Gasteiger partial charge on any atom is -0.464 e. The SMILES string of the molecule is CCc1ccc(C(NC)c2ccc(C)cc2F)o1. The topological polar surface area (TPSA) is 25.2 Å². The van der Waals surface area contributed by atoms with Crippen LogP contribution in [-0.2, 0) is 6.42 Å². The van der Waals surface area contributed by atoms with Gasteiger partial charge < -0.3 is 9.73 Å². The summed E-state index contributed by atoms with van der Waals surface area (Å²) in [6.07, 6.45) is 0.840. The lowest BCUT2D eigenvalue weighted by Gasteiger charge is -2.15. The van der Waals surface area contributed by atoms with Crippen LogP contribution in [0.4, 0.5) is 4.39 Å². The third kappa shape index (κ3) is 2.46. The van der Waals surface area contributed by atoms with E-state index in [2.05, 4.69) is 5.32 Å². The molecule has 1 aromatic carbocycles. The first kappa shape index (κ1) is 12.8. The molecule has 1 heterocycles. The van der Waals surface area contributed by atoms with Crippen LogP contribution in [0, 0.1) is 12.7 Å². The Morgan fingerprint density at radius 3 is 2.61 bits per heavy atom. The molecule has 96 valence electrons. The quantitative estimate of drug-likeness (QED) is 0.893. The summed E-state index contributed by atoms with van der Waals surface area (Å²) >= 11 is 0. The normalized spacial score (nSPS) is 12.7. The molecule has 0 aliphatic carbocycles. The molecular weight excluding hydrogens is 229 g/mol. The van der Waals surface area contributed by atoms with Gasteiger partial charge in [0.15, 0.2) is 0 Å². The number of furan rings is 1. The molecule has 2 nitrogen and oxygen atoms in total. The number of benzene rings is 1. The van der Waals surface area contributed by atoms with Gasteiger partial charge in [-0.25, -0.2) is 4.39 Å². The molecule has 0 spiro atoms. The molecule has 1 aromatic heterocycles. The van der Waals surface area contributed by atoms with Crippen LogP contribution in [-0.4, -0.2) is 7.05 Å². The maximum absolute atomic E-state index is 14.0. The Morgan fingerprint density at radius 2 is 2.06 bits per heavy atom. The molecule has 0 amide bonds. The van der Waals surface area contributed by atoms with Crippen LogP contribution in [0.3, 0.4) is 0 Å². The standard InChI is InChI=1S/C15H18FNO/c1-4-11-6-8-14(18-11)15(17-3)12-7-5-10(2)9-13(12)16/h5-9,15,17H,4H2,1-3H3. The van der Waals surface area contributed by atoms with Crippen LogP contribution in [0.2, 0.25) is 0 Å². The second-order valence-corrected chi connectivity index (χ2v) is 4.40. The van der Waals surface area contributed by atoms with Crippen molar-refractivity contribution in [3.05, 3.63) is 58.8 Å². The molecule has 1 unspecified atom stereocenters. The lowest BCUT2D eigenvalue weighted by Crippen LogP contribution is -2.18. The Hall–Kier alpha value is -1.61. The molecule has 0 saturated heterocycles. The average molecular weight is 247 g/mol. The minimum absolute atomic E-state index is 0.205. The zero-order valence-electron chi connectivity index (χ0n) is 11.0. The van der Waals surface area contributed by atoms with E-state index >= 15 is 0 Å². The summed E-state index contributed by atoms with van der Waals surface area (Å²) < 4.78 is 19.7. The van der Waals surface area contributed by atoms with Crippen LogP contribution in [0.1, 0.15) is 35.6 Å². The van der Waals surface area contributed by atoms with E-state index in [4.69, 9.17) is 4.42 Å². The molecule has 2 rings (SSSR count). The molecule has 1 atom stereocenters. The Morgan fingerprint density at radius 1 is 1.28 bits per heavy atom. The second-order valence-electron chi connectivity index (χ2n) is 4.40. The molecule has 18 heavy (non-hydrogen) atoms. The number of rotatable bonds is 4. The zero-order valence-corrected chi connectivity index (χ0v) is 11.0. The summed E-state index contributed by atoms with van der Waals surface area (Å²) in [5.41, 5.74) is 1.53. The van der Waals surface area contributed by atoms with Crippen LogP contribution in [0.25, 0.3) is 0 Å². The predicted octanol–water partition coefficient (Wildman–Crippen LogP) is 3.60. The highest BCUT2D eigenvalue weighted by atomic mass is 19.1. The predicted molar refractivity (Wildman–Crippen MR) is 70.1 cm³/mol. The Bertz CT molecular complexity index is 533. The summed E-state index contributed by atoms with van der Waals surface area (Å²) in [4.78, 5) is 0. The molecule has 0 saturated carbocycles. The second kappa shape index (κ2) is 5.36. The van der Waals surface area contributed by atoms with Crippen LogP contribution in [0.15, 0.2) is 34.7 Å². The van der Waals surface area contributed by atoms with Gasteiger partial charge in [-0.05, 0) is 37.7 Å². The third-order valence-electron chi connectivity index (χ3n) is 3.07. The van der Waals surface area contributed by atoms with Crippen molar-refractivity contribution in [3.63, 3.8) is 0 Å². The van der Waals surface area contributed by atoms with Gasteiger partial charge in [0.25, 0.3) is 0 Å². The number of hydrogen-bond acceptors (Lipinski definition) is 2. The molecular formula is C15H18FNO. The first-order chi connectivity index (χ1) is 8.65. The Labute approximate surface area is 107 Å². The van der Waals surface area contributed by atoms with Gasteiger partial charge in [-0.3, -0.25) is 0 Å². The molecule has 0 fully saturated rings. The fourth-order valence-corrected chi connectivity index (χ4v) is 2.06. The fraction of sp³-hybridized carbons (Fsp3) is 0.333. The molecule has 1 N–H and O–H groups in total. The van der Waals surface area contributed by atoms with Gasteiger partial charge >= 0.3 is 0 Å². The molecule has 0 aliphatic rings. The van der Waals surface area contributed by atoms with Crippen LogP contribution < -0.4 is 5.32 Å². The van der Waals surface area contributed by atoms with Crippen LogP contribution in [0.5, 0.6) is 0 Å². The largest absolute Gasteiger partial charge is 0.464 e. The van der Waals surface area contributed by atoms with Crippen molar-refractivity contribution < 1.29 is 8.81 Å². The van der Waals surface area contributed by atoms with E-state index in [1.54, 1.807) is 19.2 Å². The van der Waals surface area contributed by atoms with Gasteiger partial charge in [0.1, 0.15) is 17.3 Å². The average Bonchev–Trinajstić information content (AvgIpc) is 2.81. The van der Waals surface area contributed by atoms with Crippen molar-refractivity contribution in [2.24, 2.45) is 0 Å². The number of halogens is 1. The highest BCUT2D eigenvalue weighted by Crippen LogP contribution is 2.26. The molecule has 0 aliphatic heterocycles. The first-order valence-corrected chi connectivity index (χ1v) is 6.17. The first-order valence-electron chi connectivity index (χ1n) is 6.17. The summed E-state index contributed by atoms with van der Waals surface area (Å²) in [6.45, 7) is 3.91. The van der Waals surface area contributed by atoms with E-state index in [1.165, 1.54) is 0 Å². The molecule has 2 aromatic rings. The highest BCUT2D eigenvalue weighted by molar-refractivity contribution is 5.31. The summed E-state index contributed by atoms with van der Waals surface area (Å²) in [7, 11) is 1.80. The van der Waals surface area contributed by atoms with Gasteiger partial charge in [0, 0.05) is 12.0 Å². The monoisotopic (exact) mass is 247 g/mol. The van der Waals surface area contributed by atoms with E-state index in [-0.39, 0.29) is 11.9 Å². The van der Waals surface area contributed by atoms with Gasteiger partial charge in [-0.2, -0.15) is 0 Å². The third-order valence-corrected chi connectivity index (χ3v) is 3.07. The highest BCUT2D eigenvalue weighted by Gasteiger charge is 2.19. The van der Waals surface area contributed by atoms with Crippen molar-refractivity contribution in [3.8, 4) is 0 Å². The van der Waals surface area contributed by atoms with Gasteiger partial charge in [0.05, 0.1) is 6.04 Å². The van der Waals surface area contributed by atoms with E-state index in [0.717, 1.165) is 23.5 Å². The maximum atomic E-state index is 14.0. The van der Waals surface area contributed by atoms with Crippen LogP contribution >= 0.6 is 0 Å². The Kier molecular flexibility index (Phi) is 3.82. The van der Waals surface area contributed by atoms with E-state index in [9.17, 15) is 4.39 Å². The van der Waals surface area contributed by atoms with Crippen molar-refractivity contribution >= 4 is 0 Å². The van der Waals surface area contributed by atoms with Gasteiger partial charge in [-0.1, -0.05) is 19.1 Å². The lowest BCUT2D eigenvalue weighted by molar-refractivity contribution is 0.427. The van der Waals surface area contributed by atoms with E-state index in [1.807, 2.05) is 32.0 Å². The van der Waals surface area contributed by atoms with Crippen molar-refractivity contribution in [1.82, 2.24) is 5.32 Å². The van der Waals surface area contributed by atoms with Crippen molar-refractivity contribution in [1.29, 1.82) is 0 Å². The summed E-state index contributed by atoms with van der Waals surface area (Å²) in [6, 6.07) is 8.85. The summed E-state index contributed by atoms with van der Waals surface area (Å²) in [5, 5.41) is 3.10. The van der Waals surface area contributed by atoms with E-state index < -0.39 is 0 Å². The number of nitrogens with one attached hydrogen (secondary N) is 1. The lowest BCUT2D eigenvalue weighted by atomic mass is 10.0. The maximum Gasteiger partial charge on any atom is 0.128 e. The van der Waals surface area contributed by atoms with Crippen molar-refractivity contribution in [2.75, 3.05) is 7.05 Å². The Balaban J connectivity index is 2.38. The zero-order chi connectivity index (χ0) is 13.1. The molecule has 0 bridgehead atoms. The number of aryl methyl sites for hydroxylation is 2. The van der Waals surface area contributed by atoms with E-state index in [0.29, 0.717) is 5.56 Å². The minimum atomic E-state index is -0.245. The van der Waals surface area contributed by atoms with Gasteiger partial charge in [-0.15, -0.1) is 0 Å². The smallest absolute Gasteiger partial charge is 0.128 e. The fourth-order valence-electron chi connectivity index (χ4n) is 2.06.